The van der Waals surface area contributed by atoms with Gasteiger partial charge in [-0.05, 0) is 12.1 Å². The van der Waals surface area contributed by atoms with Crippen LogP contribution in [-0.2, 0) is 4.79 Å². The molecule has 1 aromatic rings. The van der Waals surface area contributed by atoms with Crippen molar-refractivity contribution in [3.8, 4) is 0 Å². The number of hydrogen-bond donors (Lipinski definition) is 4. The first-order chi connectivity index (χ1) is 9.90. The Morgan fingerprint density at radius 3 is 2.43 bits per heavy atom. The minimum Gasteiger partial charge on any atom is -0.480 e. The normalized spacial score (nSPS) is 13.0. The number of nitrogens with two attached hydrogens (primary N) is 2. The van der Waals surface area contributed by atoms with Gasteiger partial charge in [0.1, 0.15) is 12.2 Å². The summed E-state index contributed by atoms with van der Waals surface area (Å²) >= 11 is 0. The Kier molecular flexibility index (Phi) is 6.12. The van der Waals surface area contributed by atoms with E-state index >= 15 is 0 Å². The van der Waals surface area contributed by atoms with Crippen LogP contribution in [0.2, 0.25) is 0 Å². The number of guanidine groups is 1. The topological polar surface area (TPSA) is 131 Å². The number of nitrogens with zero attached hydrogens (tertiary/aromatic N) is 1. The number of hydrogen-bond acceptors (Lipinski definition) is 3. The van der Waals surface area contributed by atoms with Crippen molar-refractivity contribution in [3.63, 3.8) is 0 Å². The van der Waals surface area contributed by atoms with Gasteiger partial charge in [-0.2, -0.15) is 0 Å². The van der Waals surface area contributed by atoms with Crippen LogP contribution >= 0.6 is 0 Å². The zero-order chi connectivity index (χ0) is 15.8. The molecule has 114 valence electrons. The number of halogens is 1. The molecule has 1 amide bonds. The van der Waals surface area contributed by atoms with Crippen LogP contribution in [0.3, 0.4) is 0 Å². The van der Waals surface area contributed by atoms with Crippen LogP contribution in [0, 0.1) is 0 Å². The molecule has 1 rings (SSSR count). The number of aliphatic carboxylic acids is 1. The van der Waals surface area contributed by atoms with Gasteiger partial charge < -0.3 is 21.9 Å². The molecule has 0 aliphatic heterocycles. The lowest BCUT2D eigenvalue weighted by Gasteiger charge is -2.16. The fraction of sp³-hybridized carbons (Fsp3) is 0.308. The lowest BCUT2D eigenvalue weighted by Crippen LogP contribution is -2.42. The Bertz CT molecular complexity index is 517. The molecule has 2 atom stereocenters. The van der Waals surface area contributed by atoms with Gasteiger partial charge >= 0.3 is 5.97 Å². The molecule has 0 bridgehead atoms. The van der Waals surface area contributed by atoms with Gasteiger partial charge in [-0.15, -0.1) is 0 Å². The molecule has 1 unspecified atom stereocenters. The summed E-state index contributed by atoms with van der Waals surface area (Å²) < 4.78 is 13.6. The second-order valence-corrected chi connectivity index (χ2v) is 4.33. The second kappa shape index (κ2) is 7.83. The summed E-state index contributed by atoms with van der Waals surface area (Å²) in [6.07, 6.45) is -2.01. The molecule has 21 heavy (non-hydrogen) atoms. The first-order valence-corrected chi connectivity index (χ1v) is 6.18. The van der Waals surface area contributed by atoms with E-state index in [0.717, 1.165) is 0 Å². The lowest BCUT2D eigenvalue weighted by molar-refractivity contribution is -0.139. The number of carbonyl (C=O) groups excluding carboxylic acids is 1. The quantitative estimate of drug-likeness (QED) is 0.411. The second-order valence-electron chi connectivity index (χ2n) is 4.33. The summed E-state index contributed by atoms with van der Waals surface area (Å²) in [5.74, 6) is -2.19. The Labute approximate surface area is 120 Å². The number of amides is 1. The van der Waals surface area contributed by atoms with Gasteiger partial charge in [0.15, 0.2) is 5.96 Å². The average Bonchev–Trinajstić information content (AvgIpc) is 2.45. The van der Waals surface area contributed by atoms with Crippen molar-refractivity contribution in [1.29, 1.82) is 0 Å². The number of alkyl halides is 1. The SMILES string of the molecule is NC(N)=NCC(F)C[C@H](NC(=O)c1ccccc1)C(=O)O. The molecule has 1 aromatic carbocycles. The standard InChI is InChI=1S/C13H17FN4O3/c14-9(7-17-13(15)16)6-10(12(20)21)18-11(19)8-4-2-1-3-5-8/h1-5,9-10H,6-7H2,(H,18,19)(H,20,21)(H4,15,16,17)/t9?,10-/m0/s1. The van der Waals surface area contributed by atoms with Crippen LogP contribution in [-0.4, -0.2) is 41.7 Å². The van der Waals surface area contributed by atoms with Crippen molar-refractivity contribution in [2.75, 3.05) is 6.54 Å². The molecule has 8 heteroatoms. The Morgan fingerprint density at radius 2 is 1.90 bits per heavy atom. The van der Waals surface area contributed by atoms with Gasteiger partial charge in [0.05, 0.1) is 6.54 Å². The zero-order valence-corrected chi connectivity index (χ0v) is 11.2. The summed E-state index contributed by atoms with van der Waals surface area (Å²) in [5, 5.41) is 11.3. The molecule has 0 aliphatic carbocycles. The maximum Gasteiger partial charge on any atom is 0.326 e. The molecule has 6 N–H and O–H groups in total. The minimum absolute atomic E-state index is 0.280. The lowest BCUT2D eigenvalue weighted by atomic mass is 10.1. The predicted octanol–water partition coefficient (Wildman–Crippen LogP) is -0.129. The highest BCUT2D eigenvalue weighted by atomic mass is 19.1. The highest BCUT2D eigenvalue weighted by Crippen LogP contribution is 2.06. The molecular formula is C13H17FN4O3. The zero-order valence-electron chi connectivity index (χ0n) is 11.2. The van der Waals surface area contributed by atoms with Crippen LogP contribution in [0.15, 0.2) is 35.3 Å². The number of carbonyl (C=O) groups is 2. The van der Waals surface area contributed by atoms with Crippen molar-refractivity contribution in [3.05, 3.63) is 35.9 Å². The van der Waals surface area contributed by atoms with Gasteiger partial charge in [-0.25, -0.2) is 9.18 Å². The number of rotatable bonds is 7. The monoisotopic (exact) mass is 296 g/mol. The first-order valence-electron chi connectivity index (χ1n) is 6.18. The van der Waals surface area contributed by atoms with Crippen LogP contribution < -0.4 is 16.8 Å². The van der Waals surface area contributed by atoms with Crippen molar-refractivity contribution >= 4 is 17.8 Å². The smallest absolute Gasteiger partial charge is 0.326 e. The summed E-state index contributed by atoms with van der Waals surface area (Å²) in [6, 6.07) is 6.70. The molecule has 0 spiro atoms. The van der Waals surface area contributed by atoms with E-state index in [9.17, 15) is 14.0 Å². The van der Waals surface area contributed by atoms with E-state index in [1.807, 2.05) is 0 Å². The van der Waals surface area contributed by atoms with Crippen molar-refractivity contribution < 1.29 is 19.1 Å². The van der Waals surface area contributed by atoms with Crippen LogP contribution in [0.4, 0.5) is 4.39 Å². The molecule has 0 aliphatic rings. The minimum atomic E-state index is -1.58. The molecule has 0 saturated heterocycles. The van der Waals surface area contributed by atoms with Gasteiger partial charge in [0.25, 0.3) is 5.91 Å². The van der Waals surface area contributed by atoms with Crippen LogP contribution in [0.25, 0.3) is 0 Å². The van der Waals surface area contributed by atoms with E-state index < -0.39 is 30.5 Å². The molecule has 0 heterocycles. The number of nitrogens with one attached hydrogen (secondary N) is 1. The van der Waals surface area contributed by atoms with Crippen LogP contribution in [0.1, 0.15) is 16.8 Å². The van der Waals surface area contributed by atoms with Gasteiger partial charge in [-0.3, -0.25) is 9.79 Å². The summed E-state index contributed by atoms with van der Waals surface area (Å²) in [7, 11) is 0. The maximum atomic E-state index is 13.6. The average molecular weight is 296 g/mol. The first kappa shape index (κ1) is 16.4. The largest absolute Gasteiger partial charge is 0.480 e. The van der Waals surface area contributed by atoms with Crippen molar-refractivity contribution in [2.24, 2.45) is 16.5 Å². The predicted molar refractivity (Wildman–Crippen MR) is 75.5 cm³/mol. The molecule has 0 saturated carbocycles. The Hall–Kier alpha value is -2.64. The summed E-state index contributed by atoms with van der Waals surface area (Å²) in [5.41, 5.74) is 10.4. The van der Waals surface area contributed by atoms with E-state index in [-0.39, 0.29) is 12.5 Å². The fourth-order valence-electron chi connectivity index (χ4n) is 1.59. The maximum absolute atomic E-state index is 13.6. The summed E-state index contributed by atoms with van der Waals surface area (Å²) in [4.78, 5) is 26.4. The number of aliphatic imine (C=N–C) groups is 1. The number of benzene rings is 1. The van der Waals surface area contributed by atoms with Gasteiger partial charge in [-0.1, -0.05) is 18.2 Å². The van der Waals surface area contributed by atoms with Crippen molar-refractivity contribution in [1.82, 2.24) is 5.32 Å². The molecular weight excluding hydrogens is 279 g/mol. The summed E-state index contributed by atoms with van der Waals surface area (Å²) in [6.45, 7) is -0.354. The van der Waals surface area contributed by atoms with Gasteiger partial charge in [0, 0.05) is 12.0 Å². The third-order valence-corrected chi connectivity index (χ3v) is 2.60. The van der Waals surface area contributed by atoms with Crippen molar-refractivity contribution in [2.45, 2.75) is 18.6 Å². The number of carboxylic acids is 1. The number of carboxylic acid groups (broad SMARTS) is 1. The van der Waals surface area contributed by atoms with Crippen LogP contribution in [0.5, 0.6) is 0 Å². The Morgan fingerprint density at radius 1 is 1.29 bits per heavy atom. The Balaban J connectivity index is 2.64. The molecule has 0 aromatic heterocycles. The highest BCUT2D eigenvalue weighted by Gasteiger charge is 2.24. The van der Waals surface area contributed by atoms with E-state index in [1.54, 1.807) is 18.2 Å². The molecule has 7 nitrogen and oxygen atoms in total. The molecule has 0 radical (unpaired) electrons. The third-order valence-electron chi connectivity index (χ3n) is 2.60. The van der Waals surface area contributed by atoms with E-state index in [2.05, 4.69) is 10.3 Å². The highest BCUT2D eigenvalue weighted by molar-refractivity contribution is 5.96. The fourth-order valence-corrected chi connectivity index (χ4v) is 1.59. The molecule has 0 fully saturated rings. The third kappa shape index (κ3) is 5.89. The van der Waals surface area contributed by atoms with E-state index in [1.165, 1.54) is 12.1 Å². The van der Waals surface area contributed by atoms with Gasteiger partial charge in [0.2, 0.25) is 0 Å². The van der Waals surface area contributed by atoms with E-state index in [4.69, 9.17) is 16.6 Å². The van der Waals surface area contributed by atoms with E-state index in [0.29, 0.717) is 5.56 Å².